The van der Waals surface area contributed by atoms with Crippen LogP contribution in [0.4, 0.5) is 10.5 Å². The van der Waals surface area contributed by atoms with Crippen molar-refractivity contribution in [2.24, 2.45) is 0 Å². The lowest BCUT2D eigenvalue weighted by molar-refractivity contribution is 0.195. The van der Waals surface area contributed by atoms with Crippen molar-refractivity contribution >= 4 is 27.7 Å². The average Bonchev–Trinajstić information content (AvgIpc) is 2.80. The van der Waals surface area contributed by atoms with Crippen molar-refractivity contribution in [1.82, 2.24) is 5.32 Å². The number of hydrogen-bond donors (Lipinski definition) is 2. The summed E-state index contributed by atoms with van der Waals surface area (Å²) in [6.45, 7) is 0.850. The lowest BCUT2D eigenvalue weighted by Crippen LogP contribution is -2.45. The van der Waals surface area contributed by atoms with E-state index < -0.39 is 6.09 Å². The zero-order chi connectivity index (χ0) is 21.6. The molecule has 3 aromatic carbocycles. The van der Waals surface area contributed by atoms with Crippen LogP contribution in [0.1, 0.15) is 31.2 Å². The number of anilines is 1. The number of carboxylic acid groups (broad SMARTS) is 1. The minimum atomic E-state index is -0.893. The molecule has 0 radical (unpaired) electrons. The summed E-state index contributed by atoms with van der Waals surface area (Å²) in [5, 5.41) is 13.8. The number of amides is 1. The van der Waals surface area contributed by atoms with E-state index in [1.807, 2.05) is 54.6 Å². The second-order valence-electron chi connectivity index (χ2n) is 8.05. The van der Waals surface area contributed by atoms with Crippen molar-refractivity contribution in [3.05, 3.63) is 88.9 Å². The van der Waals surface area contributed by atoms with E-state index in [1.165, 1.54) is 5.56 Å². The number of halogens is 1. The third-order valence-corrected chi connectivity index (χ3v) is 6.50. The van der Waals surface area contributed by atoms with Crippen LogP contribution >= 0.6 is 15.9 Å². The van der Waals surface area contributed by atoms with E-state index >= 15 is 0 Å². The summed E-state index contributed by atoms with van der Waals surface area (Å²) in [7, 11) is 0. The summed E-state index contributed by atoms with van der Waals surface area (Å²) in [5.41, 5.74) is 3.98. The molecule has 2 N–H and O–H groups in total. The molecule has 0 spiro atoms. The Balaban J connectivity index is 1.49. The van der Waals surface area contributed by atoms with Gasteiger partial charge < -0.3 is 10.4 Å². The van der Waals surface area contributed by atoms with Crippen molar-refractivity contribution in [3.8, 4) is 11.1 Å². The lowest BCUT2D eigenvalue weighted by Gasteiger charge is -2.36. The molecule has 1 aliphatic carbocycles. The summed E-state index contributed by atoms with van der Waals surface area (Å²) < 4.78 is 0.881. The predicted octanol–water partition coefficient (Wildman–Crippen LogP) is 6.70. The fourth-order valence-electron chi connectivity index (χ4n) is 4.42. The molecule has 31 heavy (non-hydrogen) atoms. The molecule has 160 valence electrons. The van der Waals surface area contributed by atoms with Crippen LogP contribution in [-0.4, -0.2) is 23.3 Å². The Bertz CT molecular complexity index is 1000. The van der Waals surface area contributed by atoms with Crippen molar-refractivity contribution in [2.45, 2.75) is 44.3 Å². The van der Waals surface area contributed by atoms with Gasteiger partial charge in [0.05, 0.1) is 5.69 Å². The monoisotopic (exact) mass is 478 g/mol. The zero-order valence-electron chi connectivity index (χ0n) is 17.4. The van der Waals surface area contributed by atoms with Gasteiger partial charge in [-0.25, -0.2) is 4.79 Å². The molecule has 0 unspecified atom stereocenters. The summed E-state index contributed by atoms with van der Waals surface area (Å²) in [6.07, 6.45) is 2.74. The van der Waals surface area contributed by atoms with Gasteiger partial charge in [0.1, 0.15) is 0 Å². The van der Waals surface area contributed by atoms with Gasteiger partial charge in [0.2, 0.25) is 0 Å². The van der Waals surface area contributed by atoms with Crippen molar-refractivity contribution in [1.29, 1.82) is 0 Å². The highest BCUT2D eigenvalue weighted by Gasteiger charge is 2.31. The summed E-state index contributed by atoms with van der Waals surface area (Å²) in [4.78, 5) is 14.0. The molecule has 5 heteroatoms. The van der Waals surface area contributed by atoms with Crippen molar-refractivity contribution < 1.29 is 9.90 Å². The molecule has 0 aromatic heterocycles. The number of hydrogen-bond acceptors (Lipinski definition) is 2. The van der Waals surface area contributed by atoms with E-state index in [9.17, 15) is 9.90 Å². The largest absolute Gasteiger partial charge is 0.465 e. The Kier molecular flexibility index (Phi) is 7.05. The summed E-state index contributed by atoms with van der Waals surface area (Å²) in [5.74, 6) is 0. The molecular formula is C26H27BrN2O2. The fraction of sp³-hybridized carbons (Fsp3) is 0.269. The molecular weight excluding hydrogens is 452 g/mol. The second-order valence-corrected chi connectivity index (χ2v) is 8.97. The van der Waals surface area contributed by atoms with Crippen LogP contribution in [0.3, 0.4) is 0 Å². The fourth-order valence-corrected chi connectivity index (χ4v) is 4.77. The Morgan fingerprint density at radius 3 is 2.23 bits per heavy atom. The van der Waals surface area contributed by atoms with E-state index in [2.05, 4.69) is 45.5 Å². The minimum absolute atomic E-state index is 0.0240. The van der Waals surface area contributed by atoms with Crippen LogP contribution in [0.15, 0.2) is 83.3 Å². The second kappa shape index (κ2) is 10.1. The molecule has 4 rings (SSSR count). The maximum atomic E-state index is 12.4. The van der Waals surface area contributed by atoms with Gasteiger partial charge in [-0.15, -0.1) is 0 Å². The Morgan fingerprint density at radius 1 is 0.935 bits per heavy atom. The van der Waals surface area contributed by atoms with Crippen molar-refractivity contribution in [2.75, 3.05) is 4.90 Å². The topological polar surface area (TPSA) is 52.6 Å². The molecule has 4 nitrogen and oxygen atoms in total. The van der Waals surface area contributed by atoms with Gasteiger partial charge in [-0.3, -0.25) is 4.90 Å². The molecule has 0 saturated heterocycles. The van der Waals surface area contributed by atoms with Crippen LogP contribution in [0, 0.1) is 0 Å². The number of nitrogens with one attached hydrogen (secondary N) is 1. The molecule has 1 fully saturated rings. The Morgan fingerprint density at radius 2 is 1.58 bits per heavy atom. The first-order valence-electron chi connectivity index (χ1n) is 10.8. The summed E-state index contributed by atoms with van der Waals surface area (Å²) in [6, 6.07) is 26.7. The standard InChI is InChI=1S/C26H27BrN2O2/c27-21-11-16-24(20-9-5-2-6-10-20)25(17-21)29(26(30)31)23-14-12-22(13-15-23)28-18-19-7-3-1-4-8-19/h1-11,16-17,22-23,28H,12-15,18H2,(H,30,31)/t22-,23-. The van der Waals surface area contributed by atoms with E-state index in [0.717, 1.165) is 53.5 Å². The summed E-state index contributed by atoms with van der Waals surface area (Å²) >= 11 is 3.53. The molecule has 0 aliphatic heterocycles. The first kappa shape index (κ1) is 21.6. The van der Waals surface area contributed by atoms with Crippen LogP contribution in [0.25, 0.3) is 11.1 Å². The predicted molar refractivity (Wildman–Crippen MR) is 129 cm³/mol. The highest BCUT2D eigenvalue weighted by molar-refractivity contribution is 9.10. The van der Waals surface area contributed by atoms with E-state index in [-0.39, 0.29) is 6.04 Å². The third kappa shape index (κ3) is 5.35. The number of benzene rings is 3. The highest BCUT2D eigenvalue weighted by atomic mass is 79.9. The molecule has 1 saturated carbocycles. The van der Waals surface area contributed by atoms with E-state index in [0.29, 0.717) is 6.04 Å². The molecule has 3 aromatic rings. The van der Waals surface area contributed by atoms with E-state index in [4.69, 9.17) is 0 Å². The van der Waals surface area contributed by atoms with Gasteiger partial charge in [0.25, 0.3) is 0 Å². The molecule has 1 aliphatic rings. The maximum absolute atomic E-state index is 12.4. The first-order valence-corrected chi connectivity index (χ1v) is 11.6. The van der Waals surface area contributed by atoms with Gasteiger partial charge >= 0.3 is 6.09 Å². The van der Waals surface area contributed by atoms with Gasteiger partial charge in [-0.05, 0) is 48.9 Å². The van der Waals surface area contributed by atoms with Crippen LogP contribution in [0.2, 0.25) is 0 Å². The number of carbonyl (C=O) groups is 1. The van der Waals surface area contributed by atoms with Crippen LogP contribution in [-0.2, 0) is 6.54 Å². The molecule has 0 bridgehead atoms. The highest BCUT2D eigenvalue weighted by Crippen LogP contribution is 2.37. The average molecular weight is 479 g/mol. The van der Waals surface area contributed by atoms with Crippen LogP contribution < -0.4 is 10.2 Å². The maximum Gasteiger partial charge on any atom is 0.412 e. The lowest BCUT2D eigenvalue weighted by atomic mass is 9.89. The van der Waals surface area contributed by atoms with Gasteiger partial charge in [0.15, 0.2) is 0 Å². The van der Waals surface area contributed by atoms with E-state index in [1.54, 1.807) is 4.90 Å². The van der Waals surface area contributed by atoms with Gasteiger partial charge in [-0.1, -0.05) is 82.7 Å². The molecule has 0 atom stereocenters. The minimum Gasteiger partial charge on any atom is -0.465 e. The Labute approximate surface area is 192 Å². The van der Waals surface area contributed by atoms with Gasteiger partial charge in [0, 0.05) is 28.7 Å². The normalized spacial score (nSPS) is 18.5. The van der Waals surface area contributed by atoms with Gasteiger partial charge in [-0.2, -0.15) is 0 Å². The zero-order valence-corrected chi connectivity index (χ0v) is 19.0. The first-order chi connectivity index (χ1) is 15.1. The third-order valence-electron chi connectivity index (χ3n) is 6.01. The smallest absolute Gasteiger partial charge is 0.412 e. The quantitative estimate of drug-likeness (QED) is 0.414. The molecule has 1 amide bonds. The van der Waals surface area contributed by atoms with Crippen LogP contribution in [0.5, 0.6) is 0 Å². The SMILES string of the molecule is O=C(O)N(c1cc(Br)ccc1-c1ccccc1)[C@H]1CC[C@H](NCc2ccccc2)CC1. The molecule has 0 heterocycles. The Hall–Kier alpha value is -2.63. The number of rotatable bonds is 6. The van der Waals surface area contributed by atoms with Crippen molar-refractivity contribution in [3.63, 3.8) is 0 Å². The number of nitrogens with zero attached hydrogens (tertiary/aromatic N) is 1.